The summed E-state index contributed by atoms with van der Waals surface area (Å²) < 4.78 is 16.4. The van der Waals surface area contributed by atoms with Crippen LogP contribution in [-0.2, 0) is 16.0 Å². The highest BCUT2D eigenvalue weighted by Gasteiger charge is 2.23. The van der Waals surface area contributed by atoms with Crippen molar-refractivity contribution in [2.24, 2.45) is 0 Å². The molecule has 2 amide bonds. The molecule has 0 bridgehead atoms. The molecule has 2 aromatic rings. The van der Waals surface area contributed by atoms with Crippen LogP contribution in [0, 0.1) is 0 Å². The number of hydrogen-bond acceptors (Lipinski definition) is 6. The van der Waals surface area contributed by atoms with E-state index in [0.717, 1.165) is 42.4 Å². The van der Waals surface area contributed by atoms with Crippen LogP contribution in [0.4, 0.5) is 4.79 Å². The zero-order valence-electron chi connectivity index (χ0n) is 20.7. The van der Waals surface area contributed by atoms with Crippen molar-refractivity contribution >= 4 is 18.3 Å². The highest BCUT2D eigenvalue weighted by Crippen LogP contribution is 2.24. The first-order valence-electron chi connectivity index (χ1n) is 12.2. The third-order valence-corrected chi connectivity index (χ3v) is 6.08. The van der Waals surface area contributed by atoms with Gasteiger partial charge in [0.05, 0.1) is 6.61 Å². The maximum absolute atomic E-state index is 12.3. The van der Waals surface area contributed by atoms with E-state index in [-0.39, 0.29) is 12.7 Å². The molecular formula is C27H34N2O7. The standard InChI is InChI=1S/C27H34N2O7/c1-34-20-36-25-11-8-22(19-30)18-23(25)17-21-6-9-24(10-7-21)35-16-4-2-3-5-26(31)28-12-14-29(15-13-28)27(32)33/h6-11,18-19H,2-5,12-17,20H2,1H3,(H,32,33). The van der Waals surface area contributed by atoms with Crippen LogP contribution >= 0.6 is 0 Å². The van der Waals surface area contributed by atoms with Gasteiger partial charge in [-0.15, -0.1) is 0 Å². The number of hydrogen-bond donors (Lipinski definition) is 1. The zero-order chi connectivity index (χ0) is 25.8. The summed E-state index contributed by atoms with van der Waals surface area (Å²) >= 11 is 0. The second-order valence-electron chi connectivity index (χ2n) is 8.67. The molecule has 1 aliphatic heterocycles. The largest absolute Gasteiger partial charge is 0.494 e. The number of ether oxygens (including phenoxy) is 3. The smallest absolute Gasteiger partial charge is 0.407 e. The summed E-state index contributed by atoms with van der Waals surface area (Å²) in [6, 6.07) is 13.2. The highest BCUT2D eigenvalue weighted by molar-refractivity contribution is 5.77. The minimum absolute atomic E-state index is 0.0889. The number of methoxy groups -OCH3 is 1. The first-order valence-corrected chi connectivity index (χ1v) is 12.2. The van der Waals surface area contributed by atoms with Crippen molar-refractivity contribution in [3.8, 4) is 11.5 Å². The third kappa shape index (κ3) is 8.27. The van der Waals surface area contributed by atoms with E-state index in [0.29, 0.717) is 56.9 Å². The lowest BCUT2D eigenvalue weighted by Crippen LogP contribution is -2.50. The Hall–Kier alpha value is -3.59. The molecule has 9 nitrogen and oxygen atoms in total. The van der Waals surface area contributed by atoms with Crippen molar-refractivity contribution in [2.45, 2.75) is 32.1 Å². The van der Waals surface area contributed by atoms with Crippen molar-refractivity contribution < 1.29 is 33.7 Å². The van der Waals surface area contributed by atoms with Crippen LogP contribution in [-0.4, -0.2) is 79.9 Å². The predicted octanol–water partition coefficient (Wildman–Crippen LogP) is 3.83. The summed E-state index contributed by atoms with van der Waals surface area (Å²) in [5.74, 6) is 1.55. The first-order chi connectivity index (χ1) is 17.5. The second-order valence-corrected chi connectivity index (χ2v) is 8.67. The van der Waals surface area contributed by atoms with E-state index in [1.54, 1.807) is 24.1 Å². The average Bonchev–Trinajstić information content (AvgIpc) is 2.90. The van der Waals surface area contributed by atoms with Gasteiger partial charge in [0.25, 0.3) is 0 Å². The van der Waals surface area contributed by atoms with Gasteiger partial charge < -0.3 is 29.1 Å². The molecule has 1 saturated heterocycles. The Bertz CT molecular complexity index is 1000. The molecule has 2 aromatic carbocycles. The molecule has 9 heteroatoms. The molecule has 0 aliphatic carbocycles. The average molecular weight is 499 g/mol. The summed E-state index contributed by atoms with van der Waals surface area (Å²) in [6.45, 7) is 2.39. The summed E-state index contributed by atoms with van der Waals surface area (Å²) in [5, 5.41) is 8.99. The molecule has 0 unspecified atom stereocenters. The second kappa shape index (κ2) is 14.1. The molecule has 1 aliphatic rings. The van der Waals surface area contributed by atoms with Crippen LogP contribution in [0.5, 0.6) is 11.5 Å². The van der Waals surface area contributed by atoms with Gasteiger partial charge in [-0.2, -0.15) is 0 Å². The lowest BCUT2D eigenvalue weighted by Gasteiger charge is -2.33. The Morgan fingerprint density at radius 1 is 0.944 bits per heavy atom. The predicted molar refractivity (Wildman–Crippen MR) is 134 cm³/mol. The van der Waals surface area contributed by atoms with E-state index in [1.807, 2.05) is 30.3 Å². The van der Waals surface area contributed by atoms with E-state index in [2.05, 4.69) is 0 Å². The van der Waals surface area contributed by atoms with Crippen molar-refractivity contribution in [1.82, 2.24) is 9.80 Å². The maximum atomic E-state index is 12.3. The van der Waals surface area contributed by atoms with Gasteiger partial charge in [0.1, 0.15) is 17.8 Å². The fourth-order valence-corrected chi connectivity index (χ4v) is 4.05. The fourth-order valence-electron chi connectivity index (χ4n) is 4.05. The van der Waals surface area contributed by atoms with Gasteiger partial charge in [-0.25, -0.2) is 4.79 Å². The Labute approximate surface area is 211 Å². The van der Waals surface area contributed by atoms with E-state index in [1.165, 1.54) is 4.90 Å². The Balaban J connectivity index is 1.36. The van der Waals surface area contributed by atoms with Crippen LogP contribution in [0.15, 0.2) is 42.5 Å². The van der Waals surface area contributed by atoms with Crippen LogP contribution < -0.4 is 9.47 Å². The minimum Gasteiger partial charge on any atom is -0.494 e. The number of carboxylic acid groups (broad SMARTS) is 1. The minimum atomic E-state index is -0.928. The van der Waals surface area contributed by atoms with Crippen LogP contribution in [0.2, 0.25) is 0 Å². The van der Waals surface area contributed by atoms with Crippen molar-refractivity contribution in [3.63, 3.8) is 0 Å². The fraction of sp³-hybridized carbons (Fsp3) is 0.444. The lowest BCUT2D eigenvalue weighted by atomic mass is 10.0. The summed E-state index contributed by atoms with van der Waals surface area (Å²) in [4.78, 5) is 37.5. The van der Waals surface area contributed by atoms with Gasteiger partial charge in [-0.1, -0.05) is 12.1 Å². The number of aldehydes is 1. The van der Waals surface area contributed by atoms with Crippen molar-refractivity contribution in [3.05, 3.63) is 59.2 Å². The summed E-state index contributed by atoms with van der Waals surface area (Å²) in [7, 11) is 1.56. The number of nitrogens with zero attached hydrogens (tertiary/aromatic N) is 2. The lowest BCUT2D eigenvalue weighted by molar-refractivity contribution is -0.132. The third-order valence-electron chi connectivity index (χ3n) is 6.08. The molecule has 0 spiro atoms. The van der Waals surface area contributed by atoms with Crippen LogP contribution in [0.1, 0.15) is 47.2 Å². The van der Waals surface area contributed by atoms with Crippen molar-refractivity contribution in [1.29, 1.82) is 0 Å². The number of carbonyl (C=O) groups is 3. The number of rotatable bonds is 13. The van der Waals surface area contributed by atoms with E-state index >= 15 is 0 Å². The van der Waals surface area contributed by atoms with Crippen LogP contribution in [0.25, 0.3) is 0 Å². The molecule has 0 radical (unpaired) electrons. The van der Waals surface area contributed by atoms with Gasteiger partial charge in [-0.05, 0) is 60.7 Å². The maximum Gasteiger partial charge on any atom is 0.407 e. The molecule has 0 aromatic heterocycles. The van der Waals surface area contributed by atoms with Crippen LogP contribution in [0.3, 0.4) is 0 Å². The first kappa shape index (κ1) is 27.0. The summed E-state index contributed by atoms with van der Waals surface area (Å²) in [6.07, 6.45) is 3.50. The highest BCUT2D eigenvalue weighted by atomic mass is 16.7. The van der Waals surface area contributed by atoms with E-state index in [4.69, 9.17) is 19.3 Å². The molecule has 3 rings (SSSR count). The number of amides is 2. The Morgan fingerprint density at radius 2 is 1.67 bits per heavy atom. The molecule has 194 valence electrons. The van der Waals surface area contributed by atoms with Gasteiger partial charge >= 0.3 is 6.09 Å². The molecule has 1 N–H and O–H groups in total. The number of unbranched alkanes of at least 4 members (excludes halogenated alkanes) is 2. The van der Waals surface area contributed by atoms with Gasteiger partial charge in [-0.3, -0.25) is 9.59 Å². The molecule has 36 heavy (non-hydrogen) atoms. The Kier molecular flexibility index (Phi) is 10.6. The quantitative estimate of drug-likeness (QED) is 0.254. The SMILES string of the molecule is COCOc1ccc(C=O)cc1Cc1ccc(OCCCCCC(=O)N2CCN(C(=O)O)CC2)cc1. The summed E-state index contributed by atoms with van der Waals surface area (Å²) in [5.41, 5.74) is 2.57. The van der Waals surface area contributed by atoms with Gasteiger partial charge in [0.2, 0.25) is 5.91 Å². The molecular weight excluding hydrogens is 464 g/mol. The van der Waals surface area contributed by atoms with Gasteiger partial charge in [0.15, 0.2) is 6.79 Å². The van der Waals surface area contributed by atoms with E-state index < -0.39 is 6.09 Å². The molecule has 0 saturated carbocycles. The van der Waals surface area contributed by atoms with E-state index in [9.17, 15) is 14.4 Å². The normalized spacial score (nSPS) is 13.4. The topological polar surface area (TPSA) is 106 Å². The molecule has 1 heterocycles. The molecule has 1 fully saturated rings. The molecule has 0 atom stereocenters. The van der Waals surface area contributed by atoms with Gasteiger partial charge in [0, 0.05) is 51.7 Å². The number of carbonyl (C=O) groups excluding carboxylic acids is 2. The van der Waals surface area contributed by atoms with Crippen molar-refractivity contribution in [2.75, 3.05) is 46.7 Å². The Morgan fingerprint density at radius 3 is 2.33 bits per heavy atom. The number of piperazine rings is 1. The monoisotopic (exact) mass is 498 g/mol. The number of benzene rings is 2. The zero-order valence-corrected chi connectivity index (χ0v) is 20.7.